The number of aromatic nitrogens is 1. The van der Waals surface area contributed by atoms with E-state index in [0.717, 1.165) is 36.9 Å². The second-order valence-electron chi connectivity index (χ2n) is 6.90. The number of nitrogens with one attached hydrogen (secondary N) is 1. The van der Waals surface area contributed by atoms with E-state index in [9.17, 15) is 0 Å². The first-order valence-corrected chi connectivity index (χ1v) is 8.19. The maximum absolute atomic E-state index is 5.65. The van der Waals surface area contributed by atoms with Crippen molar-refractivity contribution in [1.82, 2.24) is 10.3 Å². The Hall–Kier alpha value is -0.650. The second-order valence-corrected chi connectivity index (χ2v) is 7.74. The highest BCUT2D eigenvalue weighted by atomic mass is 32.1. The molecule has 1 atom stereocenters. The molecule has 1 aromatic rings. The van der Waals surface area contributed by atoms with Gasteiger partial charge in [0, 0.05) is 37.7 Å². The molecule has 1 fully saturated rings. The van der Waals surface area contributed by atoms with Gasteiger partial charge in [-0.05, 0) is 40.5 Å². The average Bonchev–Trinajstić information content (AvgIpc) is 2.84. The third-order valence-electron chi connectivity index (χ3n) is 3.76. The van der Waals surface area contributed by atoms with E-state index in [0.29, 0.717) is 0 Å². The zero-order valence-corrected chi connectivity index (χ0v) is 14.1. The minimum absolute atomic E-state index is 0.0340. The minimum Gasteiger partial charge on any atom is -0.377 e. The van der Waals surface area contributed by atoms with Crippen LogP contribution in [0.5, 0.6) is 0 Å². The van der Waals surface area contributed by atoms with Crippen LogP contribution in [0, 0.1) is 0 Å². The fraction of sp³-hybridized carbons (Fsp3) is 0.800. The molecule has 1 unspecified atom stereocenters. The average molecular weight is 297 g/mol. The SMILES string of the molecule is COC1(C)CCCN(c2nc(CNC(C)(C)C)cs2)C1. The van der Waals surface area contributed by atoms with Crippen molar-refractivity contribution in [2.45, 2.75) is 58.2 Å². The number of hydrogen-bond donors (Lipinski definition) is 1. The summed E-state index contributed by atoms with van der Waals surface area (Å²) in [7, 11) is 1.81. The van der Waals surface area contributed by atoms with Crippen molar-refractivity contribution in [2.75, 3.05) is 25.1 Å². The van der Waals surface area contributed by atoms with Crippen LogP contribution in [0.15, 0.2) is 5.38 Å². The molecule has 114 valence electrons. The molecule has 1 saturated heterocycles. The molecule has 20 heavy (non-hydrogen) atoms. The summed E-state index contributed by atoms with van der Waals surface area (Å²) in [6.07, 6.45) is 2.29. The van der Waals surface area contributed by atoms with E-state index in [1.807, 2.05) is 7.11 Å². The molecule has 0 bridgehead atoms. The molecular weight excluding hydrogens is 270 g/mol. The topological polar surface area (TPSA) is 37.4 Å². The van der Waals surface area contributed by atoms with Crippen LogP contribution in [0.3, 0.4) is 0 Å². The third-order valence-corrected chi connectivity index (χ3v) is 4.71. The molecule has 0 aromatic carbocycles. The van der Waals surface area contributed by atoms with Gasteiger partial charge in [-0.2, -0.15) is 0 Å². The molecule has 2 heterocycles. The molecule has 0 radical (unpaired) electrons. The van der Waals surface area contributed by atoms with Crippen LogP contribution in [0.25, 0.3) is 0 Å². The van der Waals surface area contributed by atoms with E-state index in [4.69, 9.17) is 9.72 Å². The lowest BCUT2D eigenvalue weighted by Gasteiger charge is -2.39. The number of ether oxygens (including phenoxy) is 1. The van der Waals surface area contributed by atoms with Gasteiger partial charge in [0.15, 0.2) is 5.13 Å². The Morgan fingerprint density at radius 3 is 2.90 bits per heavy atom. The van der Waals surface area contributed by atoms with E-state index in [2.05, 4.69) is 43.3 Å². The molecule has 0 saturated carbocycles. The molecule has 2 rings (SSSR count). The van der Waals surface area contributed by atoms with Crippen LogP contribution in [0.1, 0.15) is 46.2 Å². The lowest BCUT2D eigenvalue weighted by molar-refractivity contribution is -0.00466. The number of nitrogens with zero attached hydrogens (tertiary/aromatic N) is 2. The van der Waals surface area contributed by atoms with Gasteiger partial charge in [0.2, 0.25) is 0 Å². The van der Waals surface area contributed by atoms with Crippen LogP contribution in [-0.2, 0) is 11.3 Å². The highest BCUT2D eigenvalue weighted by Gasteiger charge is 2.31. The van der Waals surface area contributed by atoms with Crippen molar-refractivity contribution in [1.29, 1.82) is 0 Å². The quantitative estimate of drug-likeness (QED) is 0.927. The number of methoxy groups -OCH3 is 1. The van der Waals surface area contributed by atoms with Crippen LogP contribution in [0.4, 0.5) is 5.13 Å². The lowest BCUT2D eigenvalue weighted by atomic mass is 9.95. The van der Waals surface area contributed by atoms with Crippen molar-refractivity contribution < 1.29 is 4.74 Å². The van der Waals surface area contributed by atoms with Crippen molar-refractivity contribution in [3.63, 3.8) is 0 Å². The predicted molar refractivity (Wildman–Crippen MR) is 85.6 cm³/mol. The summed E-state index contributed by atoms with van der Waals surface area (Å²) in [6, 6.07) is 0. The summed E-state index contributed by atoms with van der Waals surface area (Å²) < 4.78 is 5.65. The van der Waals surface area contributed by atoms with Crippen LogP contribution in [0.2, 0.25) is 0 Å². The minimum atomic E-state index is -0.0340. The highest BCUT2D eigenvalue weighted by molar-refractivity contribution is 7.13. The monoisotopic (exact) mass is 297 g/mol. The number of thiazole rings is 1. The van der Waals surface area contributed by atoms with Crippen molar-refractivity contribution in [3.05, 3.63) is 11.1 Å². The van der Waals surface area contributed by atoms with Crippen molar-refractivity contribution in [2.24, 2.45) is 0 Å². The summed E-state index contributed by atoms with van der Waals surface area (Å²) in [5, 5.41) is 6.77. The van der Waals surface area contributed by atoms with Gasteiger partial charge in [-0.3, -0.25) is 0 Å². The molecule has 1 N–H and O–H groups in total. The van der Waals surface area contributed by atoms with E-state index >= 15 is 0 Å². The normalized spacial score (nSPS) is 24.1. The van der Waals surface area contributed by atoms with Crippen LogP contribution >= 0.6 is 11.3 Å². The van der Waals surface area contributed by atoms with Crippen LogP contribution in [-0.4, -0.2) is 36.3 Å². The highest BCUT2D eigenvalue weighted by Crippen LogP contribution is 2.30. The van der Waals surface area contributed by atoms with E-state index in [1.54, 1.807) is 11.3 Å². The number of hydrogen-bond acceptors (Lipinski definition) is 5. The number of anilines is 1. The zero-order chi connectivity index (χ0) is 14.8. The first-order chi connectivity index (χ1) is 9.31. The predicted octanol–water partition coefficient (Wildman–Crippen LogP) is 3.04. The molecule has 0 aliphatic carbocycles. The number of rotatable bonds is 4. The Balaban J connectivity index is 1.98. The maximum Gasteiger partial charge on any atom is 0.185 e. The van der Waals surface area contributed by atoms with Crippen molar-refractivity contribution >= 4 is 16.5 Å². The van der Waals surface area contributed by atoms with E-state index < -0.39 is 0 Å². The Morgan fingerprint density at radius 1 is 1.50 bits per heavy atom. The van der Waals surface area contributed by atoms with Gasteiger partial charge < -0.3 is 15.0 Å². The molecular formula is C15H27N3OS. The molecule has 5 heteroatoms. The van der Waals surface area contributed by atoms with Gasteiger partial charge in [-0.1, -0.05) is 0 Å². The maximum atomic E-state index is 5.65. The zero-order valence-electron chi connectivity index (χ0n) is 13.3. The van der Waals surface area contributed by atoms with Gasteiger partial charge in [0.25, 0.3) is 0 Å². The summed E-state index contributed by atoms with van der Waals surface area (Å²) >= 11 is 1.74. The standard InChI is InChI=1S/C15H27N3OS/c1-14(2,3)16-9-12-10-20-13(17-12)18-8-6-7-15(4,11-18)19-5/h10,16H,6-9,11H2,1-5H3. The molecule has 1 aliphatic rings. The molecule has 4 nitrogen and oxygen atoms in total. The Kier molecular flexibility index (Phi) is 4.72. The van der Waals surface area contributed by atoms with Gasteiger partial charge in [-0.15, -0.1) is 11.3 Å². The number of piperidine rings is 1. The molecule has 1 aliphatic heterocycles. The smallest absolute Gasteiger partial charge is 0.185 e. The first kappa shape index (κ1) is 15.7. The summed E-state index contributed by atoms with van der Waals surface area (Å²) in [4.78, 5) is 7.12. The fourth-order valence-corrected chi connectivity index (χ4v) is 3.27. The summed E-state index contributed by atoms with van der Waals surface area (Å²) in [5.41, 5.74) is 1.22. The van der Waals surface area contributed by atoms with Crippen LogP contribution < -0.4 is 10.2 Å². The lowest BCUT2D eigenvalue weighted by Crippen LogP contribution is -2.47. The molecule has 0 spiro atoms. The van der Waals surface area contributed by atoms with E-state index in [1.165, 1.54) is 6.42 Å². The van der Waals surface area contributed by atoms with Gasteiger partial charge in [-0.25, -0.2) is 4.98 Å². The molecule has 0 amide bonds. The van der Waals surface area contributed by atoms with Gasteiger partial charge in [0.1, 0.15) is 0 Å². The third kappa shape index (κ3) is 4.17. The van der Waals surface area contributed by atoms with Gasteiger partial charge in [0.05, 0.1) is 11.3 Å². The second kappa shape index (κ2) is 6.00. The Morgan fingerprint density at radius 2 is 2.25 bits per heavy atom. The summed E-state index contributed by atoms with van der Waals surface area (Å²) in [5.74, 6) is 0. The first-order valence-electron chi connectivity index (χ1n) is 7.31. The fourth-order valence-electron chi connectivity index (χ4n) is 2.41. The van der Waals surface area contributed by atoms with Gasteiger partial charge >= 0.3 is 0 Å². The Labute approximate surface area is 126 Å². The largest absolute Gasteiger partial charge is 0.377 e. The van der Waals surface area contributed by atoms with Crippen molar-refractivity contribution in [3.8, 4) is 0 Å². The Bertz CT molecular complexity index is 441. The molecule has 1 aromatic heterocycles. The summed E-state index contributed by atoms with van der Waals surface area (Å²) in [6.45, 7) is 11.6. The van der Waals surface area contributed by atoms with E-state index in [-0.39, 0.29) is 11.1 Å².